The van der Waals surface area contributed by atoms with E-state index in [1.807, 2.05) is 71.4 Å². The van der Waals surface area contributed by atoms with Crippen molar-refractivity contribution in [3.63, 3.8) is 0 Å². The number of carbonyl (C=O) groups excluding carboxylic acids is 1. The minimum atomic E-state index is -0.207. The number of benzene rings is 2. The fourth-order valence-corrected chi connectivity index (χ4v) is 3.11. The normalized spacial score (nSPS) is 10.7. The number of methoxy groups -OCH3 is 1. The van der Waals surface area contributed by atoms with Gasteiger partial charge in [0.15, 0.2) is 0 Å². The van der Waals surface area contributed by atoms with Gasteiger partial charge in [0.05, 0.1) is 18.4 Å². The summed E-state index contributed by atoms with van der Waals surface area (Å²) in [5.41, 5.74) is 3.03. The summed E-state index contributed by atoms with van der Waals surface area (Å²) in [6.07, 6.45) is 3.85. The highest BCUT2D eigenvalue weighted by molar-refractivity contribution is 5.96. The van der Waals surface area contributed by atoms with Crippen molar-refractivity contribution in [3.05, 3.63) is 95.9 Å². The van der Waals surface area contributed by atoms with E-state index in [0.29, 0.717) is 17.9 Å². The van der Waals surface area contributed by atoms with Crippen molar-refractivity contribution < 1.29 is 14.3 Å². The van der Waals surface area contributed by atoms with Crippen molar-refractivity contribution in [1.29, 1.82) is 0 Å². The molecule has 1 amide bonds. The molecule has 0 aliphatic carbocycles. The summed E-state index contributed by atoms with van der Waals surface area (Å²) in [6.45, 7) is 0.641. The lowest BCUT2D eigenvalue weighted by Crippen LogP contribution is -2.23. The summed E-state index contributed by atoms with van der Waals surface area (Å²) in [6, 6.07) is 20.6. The first-order valence-corrected chi connectivity index (χ1v) is 9.29. The molecule has 146 valence electrons. The maximum absolute atomic E-state index is 12.7. The molecule has 4 rings (SSSR count). The zero-order valence-electron chi connectivity index (χ0n) is 16.0. The van der Waals surface area contributed by atoms with Crippen LogP contribution in [0.25, 0.3) is 5.65 Å². The van der Waals surface area contributed by atoms with Crippen molar-refractivity contribution in [1.82, 2.24) is 14.7 Å². The first-order valence-electron chi connectivity index (χ1n) is 9.29. The lowest BCUT2D eigenvalue weighted by Gasteiger charge is -2.12. The van der Waals surface area contributed by atoms with Crippen molar-refractivity contribution in [3.8, 4) is 11.5 Å². The van der Waals surface area contributed by atoms with E-state index in [2.05, 4.69) is 10.3 Å². The van der Waals surface area contributed by atoms with E-state index >= 15 is 0 Å². The smallest absolute Gasteiger partial charge is 0.255 e. The Morgan fingerprint density at radius 2 is 1.76 bits per heavy atom. The molecule has 0 saturated carbocycles. The predicted molar refractivity (Wildman–Crippen MR) is 110 cm³/mol. The van der Waals surface area contributed by atoms with E-state index < -0.39 is 0 Å². The van der Waals surface area contributed by atoms with Crippen LogP contribution in [0.2, 0.25) is 0 Å². The summed E-state index contributed by atoms with van der Waals surface area (Å²) in [4.78, 5) is 17.3. The summed E-state index contributed by atoms with van der Waals surface area (Å²) in [5.74, 6) is 1.05. The van der Waals surface area contributed by atoms with Crippen LogP contribution in [-0.2, 0) is 13.2 Å². The number of ether oxygens (including phenoxy) is 2. The lowest BCUT2D eigenvalue weighted by molar-refractivity contribution is 0.0946. The van der Waals surface area contributed by atoms with E-state index in [-0.39, 0.29) is 12.5 Å². The molecule has 0 atom stereocenters. The molecule has 2 heterocycles. The van der Waals surface area contributed by atoms with Crippen LogP contribution < -0.4 is 14.8 Å². The van der Waals surface area contributed by atoms with Gasteiger partial charge >= 0.3 is 0 Å². The summed E-state index contributed by atoms with van der Waals surface area (Å²) >= 11 is 0. The van der Waals surface area contributed by atoms with Gasteiger partial charge in [-0.25, -0.2) is 4.98 Å². The molecule has 0 spiro atoms. The fraction of sp³-hybridized carbons (Fsp3) is 0.130. The van der Waals surface area contributed by atoms with E-state index in [4.69, 9.17) is 9.47 Å². The van der Waals surface area contributed by atoms with Gasteiger partial charge in [-0.15, -0.1) is 0 Å². The monoisotopic (exact) mass is 387 g/mol. The molecule has 4 aromatic rings. The van der Waals surface area contributed by atoms with Gasteiger partial charge in [-0.3, -0.25) is 4.79 Å². The van der Waals surface area contributed by atoms with Gasteiger partial charge in [-0.1, -0.05) is 36.4 Å². The number of imidazole rings is 1. The number of hydrogen-bond donors (Lipinski definition) is 1. The predicted octanol–water partition coefficient (Wildman–Crippen LogP) is 3.85. The standard InChI is InChI=1S/C23H21N3O3/c1-28-20-10-4-2-8-17(20)14-24-23(27)19-9-3-5-11-21(19)29-16-18-15-26-13-7-6-12-22(26)25-18/h2-13,15H,14,16H2,1H3,(H,24,27). The molecule has 6 nitrogen and oxygen atoms in total. The third kappa shape index (κ3) is 4.21. The Morgan fingerprint density at radius 1 is 1.00 bits per heavy atom. The van der Waals surface area contributed by atoms with Crippen LogP contribution in [0.4, 0.5) is 0 Å². The Labute approximate surface area is 168 Å². The van der Waals surface area contributed by atoms with Crippen molar-refractivity contribution in [2.24, 2.45) is 0 Å². The molecular weight excluding hydrogens is 366 g/mol. The molecule has 6 heteroatoms. The average Bonchev–Trinajstić information content (AvgIpc) is 3.19. The Kier molecular flexibility index (Phi) is 5.42. The second-order valence-corrected chi connectivity index (χ2v) is 6.48. The molecular formula is C23H21N3O3. The Hall–Kier alpha value is -3.80. The first kappa shape index (κ1) is 18.6. The van der Waals surface area contributed by atoms with Gasteiger partial charge < -0.3 is 19.2 Å². The Morgan fingerprint density at radius 3 is 2.59 bits per heavy atom. The van der Waals surface area contributed by atoms with Crippen LogP contribution in [0.15, 0.2) is 79.1 Å². The largest absolute Gasteiger partial charge is 0.496 e. The number of nitrogens with one attached hydrogen (secondary N) is 1. The van der Waals surface area contributed by atoms with Gasteiger partial charge in [0.25, 0.3) is 5.91 Å². The summed E-state index contributed by atoms with van der Waals surface area (Å²) in [5, 5.41) is 2.93. The number of carbonyl (C=O) groups is 1. The van der Waals surface area contributed by atoms with Crippen LogP contribution in [0.1, 0.15) is 21.6 Å². The Balaban J connectivity index is 1.45. The van der Waals surface area contributed by atoms with Crippen LogP contribution in [0.5, 0.6) is 11.5 Å². The molecule has 0 bridgehead atoms. The number of amides is 1. The summed E-state index contributed by atoms with van der Waals surface area (Å²) in [7, 11) is 1.61. The highest BCUT2D eigenvalue weighted by Crippen LogP contribution is 2.21. The number of fused-ring (bicyclic) bond motifs is 1. The molecule has 1 N–H and O–H groups in total. The molecule has 0 saturated heterocycles. The van der Waals surface area contributed by atoms with Crippen LogP contribution in [0.3, 0.4) is 0 Å². The molecule has 29 heavy (non-hydrogen) atoms. The van der Waals surface area contributed by atoms with Crippen LogP contribution in [-0.4, -0.2) is 22.4 Å². The third-order valence-corrected chi connectivity index (χ3v) is 4.55. The minimum absolute atomic E-state index is 0.207. The van der Waals surface area contributed by atoms with Crippen molar-refractivity contribution in [2.75, 3.05) is 7.11 Å². The quantitative estimate of drug-likeness (QED) is 0.523. The zero-order valence-corrected chi connectivity index (χ0v) is 16.0. The average molecular weight is 387 g/mol. The minimum Gasteiger partial charge on any atom is -0.496 e. The van der Waals surface area contributed by atoms with Crippen LogP contribution in [0, 0.1) is 0 Å². The maximum Gasteiger partial charge on any atom is 0.255 e. The molecule has 2 aromatic carbocycles. The van der Waals surface area contributed by atoms with Crippen molar-refractivity contribution in [2.45, 2.75) is 13.2 Å². The van der Waals surface area contributed by atoms with Crippen LogP contribution >= 0.6 is 0 Å². The second kappa shape index (κ2) is 8.48. The third-order valence-electron chi connectivity index (χ3n) is 4.55. The number of pyridine rings is 1. The van der Waals surface area contributed by atoms with E-state index in [1.165, 1.54) is 0 Å². The lowest BCUT2D eigenvalue weighted by atomic mass is 10.1. The number of rotatable bonds is 7. The van der Waals surface area contributed by atoms with Gasteiger partial charge in [-0.2, -0.15) is 0 Å². The van der Waals surface area contributed by atoms with E-state index in [9.17, 15) is 4.79 Å². The first-order chi connectivity index (χ1) is 14.2. The SMILES string of the molecule is COc1ccccc1CNC(=O)c1ccccc1OCc1cn2ccccc2n1. The molecule has 0 radical (unpaired) electrons. The second-order valence-electron chi connectivity index (χ2n) is 6.48. The molecule has 2 aromatic heterocycles. The number of para-hydroxylation sites is 2. The topological polar surface area (TPSA) is 64.9 Å². The highest BCUT2D eigenvalue weighted by Gasteiger charge is 2.13. The molecule has 0 aliphatic rings. The fourth-order valence-electron chi connectivity index (χ4n) is 3.11. The van der Waals surface area contributed by atoms with E-state index in [1.54, 1.807) is 19.2 Å². The maximum atomic E-state index is 12.7. The van der Waals surface area contributed by atoms with Gasteiger partial charge in [0.1, 0.15) is 23.8 Å². The zero-order chi connectivity index (χ0) is 20.1. The Bertz CT molecular complexity index is 1100. The number of hydrogen-bond acceptors (Lipinski definition) is 4. The molecule has 0 aliphatic heterocycles. The van der Waals surface area contributed by atoms with E-state index in [0.717, 1.165) is 22.7 Å². The highest BCUT2D eigenvalue weighted by atomic mass is 16.5. The van der Waals surface area contributed by atoms with Crippen molar-refractivity contribution >= 4 is 11.6 Å². The molecule has 0 fully saturated rings. The van der Waals surface area contributed by atoms with Gasteiger partial charge in [-0.05, 0) is 30.3 Å². The number of nitrogens with zero attached hydrogens (tertiary/aromatic N) is 2. The number of aromatic nitrogens is 2. The summed E-state index contributed by atoms with van der Waals surface area (Å²) < 4.78 is 13.2. The molecule has 0 unspecified atom stereocenters. The van der Waals surface area contributed by atoms with Gasteiger partial charge in [0, 0.05) is 24.5 Å². The van der Waals surface area contributed by atoms with Gasteiger partial charge in [0.2, 0.25) is 0 Å².